The minimum absolute atomic E-state index is 0.0881. The van der Waals surface area contributed by atoms with Gasteiger partial charge in [0, 0.05) is 25.5 Å². The van der Waals surface area contributed by atoms with Gasteiger partial charge in [-0.1, -0.05) is 0 Å². The van der Waals surface area contributed by atoms with Gasteiger partial charge in [-0.25, -0.2) is 9.78 Å². The summed E-state index contributed by atoms with van der Waals surface area (Å²) in [5.41, 5.74) is 0. The molecule has 1 aromatic rings. The smallest absolute Gasteiger partial charge is 0.323 e. The summed E-state index contributed by atoms with van der Waals surface area (Å²) >= 11 is 0. The second kappa shape index (κ2) is 4.42. The number of hydrogen-bond acceptors (Lipinski definition) is 3. The van der Waals surface area contributed by atoms with E-state index in [0.717, 1.165) is 0 Å². The summed E-state index contributed by atoms with van der Waals surface area (Å²) in [7, 11) is 1.67. The van der Waals surface area contributed by atoms with Crippen molar-refractivity contribution in [3.63, 3.8) is 0 Å². The van der Waals surface area contributed by atoms with Gasteiger partial charge in [-0.15, -0.1) is 0 Å². The Kier molecular flexibility index (Phi) is 3.24. The lowest BCUT2D eigenvalue weighted by molar-refractivity contribution is 0.196. The average Bonchev–Trinajstić information content (AvgIpc) is 2.68. The van der Waals surface area contributed by atoms with Crippen molar-refractivity contribution >= 4 is 6.03 Å². The first-order valence-corrected chi connectivity index (χ1v) is 4.29. The lowest BCUT2D eigenvalue weighted by Gasteiger charge is -2.22. The first kappa shape index (κ1) is 10.3. The Morgan fingerprint density at radius 1 is 1.79 bits per heavy atom. The maximum absolute atomic E-state index is 11.7. The molecule has 1 amide bonds. The number of imidazole rings is 1. The molecule has 1 aromatic heterocycles. The number of nitrogens with zero attached hydrogens (tertiary/aromatic N) is 4. The zero-order valence-corrected chi connectivity index (χ0v) is 8.21. The predicted molar refractivity (Wildman–Crippen MR) is 50.5 cm³/mol. The molecule has 1 rings (SSSR count). The van der Waals surface area contributed by atoms with Crippen molar-refractivity contribution in [3.8, 4) is 6.07 Å². The number of amides is 1. The Balaban J connectivity index is 2.67. The molecular formula is C9H12N4O. The molecule has 0 aliphatic carbocycles. The summed E-state index contributed by atoms with van der Waals surface area (Å²) in [5, 5.41) is 8.49. The number of carbonyl (C=O) groups is 1. The molecule has 0 bridgehead atoms. The molecule has 0 aliphatic heterocycles. The molecule has 1 heterocycles. The molecule has 1 atom stereocenters. The van der Waals surface area contributed by atoms with E-state index in [1.54, 1.807) is 19.4 Å². The molecule has 0 aromatic carbocycles. The van der Waals surface area contributed by atoms with Gasteiger partial charge in [0.2, 0.25) is 0 Å². The maximum atomic E-state index is 11.7. The topological polar surface area (TPSA) is 61.9 Å². The zero-order chi connectivity index (χ0) is 10.6. The van der Waals surface area contributed by atoms with Crippen LogP contribution in [0.2, 0.25) is 0 Å². The number of aromatic nitrogens is 2. The Labute approximate surface area is 82.6 Å². The van der Waals surface area contributed by atoms with E-state index >= 15 is 0 Å². The van der Waals surface area contributed by atoms with Gasteiger partial charge < -0.3 is 4.90 Å². The highest BCUT2D eigenvalue weighted by atomic mass is 16.2. The average molecular weight is 192 g/mol. The van der Waals surface area contributed by atoms with Crippen LogP contribution in [-0.4, -0.2) is 33.6 Å². The Hall–Kier alpha value is -1.83. The van der Waals surface area contributed by atoms with Gasteiger partial charge in [0.1, 0.15) is 6.33 Å². The van der Waals surface area contributed by atoms with Crippen molar-refractivity contribution in [2.75, 3.05) is 7.05 Å². The lowest BCUT2D eigenvalue weighted by atomic mass is 10.2. The van der Waals surface area contributed by atoms with E-state index in [1.807, 2.05) is 13.0 Å². The third-order valence-corrected chi connectivity index (χ3v) is 2.07. The summed E-state index contributed by atoms with van der Waals surface area (Å²) < 4.78 is 1.38. The van der Waals surface area contributed by atoms with Crippen LogP contribution in [0.15, 0.2) is 18.7 Å². The number of hydrogen-bond donors (Lipinski definition) is 0. The van der Waals surface area contributed by atoms with Gasteiger partial charge in [-0.3, -0.25) is 4.57 Å². The van der Waals surface area contributed by atoms with Gasteiger partial charge >= 0.3 is 6.03 Å². The standard InChI is InChI=1S/C9H12N4O/c1-8(3-4-10)12(2)9(14)13-6-5-11-7-13/h5-8H,3H2,1-2H3. The highest BCUT2D eigenvalue weighted by molar-refractivity contribution is 5.76. The van der Waals surface area contributed by atoms with Gasteiger partial charge in [0.25, 0.3) is 0 Å². The van der Waals surface area contributed by atoms with Crippen LogP contribution in [0, 0.1) is 11.3 Å². The van der Waals surface area contributed by atoms with E-state index < -0.39 is 0 Å². The maximum Gasteiger partial charge on any atom is 0.329 e. The second-order valence-electron chi connectivity index (χ2n) is 3.07. The number of carbonyl (C=O) groups excluding carboxylic acids is 1. The fraction of sp³-hybridized carbons (Fsp3) is 0.444. The van der Waals surface area contributed by atoms with E-state index in [2.05, 4.69) is 4.98 Å². The van der Waals surface area contributed by atoms with Crippen molar-refractivity contribution in [3.05, 3.63) is 18.7 Å². The van der Waals surface area contributed by atoms with Crippen LogP contribution >= 0.6 is 0 Å². The molecule has 0 saturated heterocycles. The molecule has 74 valence electrons. The summed E-state index contributed by atoms with van der Waals surface area (Å²) in [4.78, 5) is 17.0. The lowest BCUT2D eigenvalue weighted by Crippen LogP contribution is -2.37. The predicted octanol–water partition coefficient (Wildman–Crippen LogP) is 1.09. The minimum atomic E-state index is -0.176. The Bertz CT molecular complexity index is 338. The van der Waals surface area contributed by atoms with E-state index in [1.165, 1.54) is 15.8 Å². The summed E-state index contributed by atoms with van der Waals surface area (Å²) in [6.45, 7) is 1.83. The molecular weight excluding hydrogens is 180 g/mol. The van der Waals surface area contributed by atoms with Crippen LogP contribution in [0.5, 0.6) is 0 Å². The fourth-order valence-electron chi connectivity index (χ4n) is 1.01. The molecule has 0 fully saturated rings. The van der Waals surface area contributed by atoms with Crippen LogP contribution in [0.4, 0.5) is 4.79 Å². The fourth-order valence-corrected chi connectivity index (χ4v) is 1.01. The Morgan fingerprint density at radius 2 is 2.50 bits per heavy atom. The highest BCUT2D eigenvalue weighted by Crippen LogP contribution is 2.02. The second-order valence-corrected chi connectivity index (χ2v) is 3.07. The molecule has 0 saturated carbocycles. The van der Waals surface area contributed by atoms with E-state index in [0.29, 0.717) is 6.42 Å². The summed E-state index contributed by atoms with van der Waals surface area (Å²) in [6, 6.07) is 1.77. The van der Waals surface area contributed by atoms with Crippen LogP contribution < -0.4 is 0 Å². The highest BCUT2D eigenvalue weighted by Gasteiger charge is 2.16. The first-order valence-electron chi connectivity index (χ1n) is 4.29. The molecule has 0 spiro atoms. The van der Waals surface area contributed by atoms with Crippen molar-refractivity contribution in [2.24, 2.45) is 0 Å². The minimum Gasteiger partial charge on any atom is -0.323 e. The molecule has 0 N–H and O–H groups in total. The third kappa shape index (κ3) is 2.10. The van der Waals surface area contributed by atoms with Crippen LogP contribution in [0.3, 0.4) is 0 Å². The third-order valence-electron chi connectivity index (χ3n) is 2.07. The summed E-state index contributed by atoms with van der Waals surface area (Å²) in [6.07, 6.45) is 4.90. The van der Waals surface area contributed by atoms with Gasteiger partial charge in [0.15, 0.2) is 0 Å². The monoisotopic (exact) mass is 192 g/mol. The molecule has 14 heavy (non-hydrogen) atoms. The molecule has 5 heteroatoms. The van der Waals surface area contributed by atoms with Gasteiger partial charge in [-0.05, 0) is 6.92 Å². The largest absolute Gasteiger partial charge is 0.329 e. The number of nitriles is 1. The summed E-state index contributed by atoms with van der Waals surface area (Å²) in [5.74, 6) is 0. The molecule has 0 radical (unpaired) electrons. The zero-order valence-electron chi connectivity index (χ0n) is 8.21. The molecule has 1 unspecified atom stereocenters. The quantitative estimate of drug-likeness (QED) is 0.704. The Morgan fingerprint density at radius 3 is 3.00 bits per heavy atom. The van der Waals surface area contributed by atoms with E-state index in [-0.39, 0.29) is 12.1 Å². The van der Waals surface area contributed by atoms with E-state index in [9.17, 15) is 4.79 Å². The van der Waals surface area contributed by atoms with E-state index in [4.69, 9.17) is 5.26 Å². The normalized spacial score (nSPS) is 11.8. The first-order chi connectivity index (χ1) is 6.66. The molecule has 5 nitrogen and oxygen atoms in total. The van der Waals surface area contributed by atoms with Gasteiger partial charge in [-0.2, -0.15) is 5.26 Å². The van der Waals surface area contributed by atoms with Gasteiger partial charge in [0.05, 0.1) is 12.5 Å². The van der Waals surface area contributed by atoms with Crippen molar-refractivity contribution < 1.29 is 4.79 Å². The van der Waals surface area contributed by atoms with Crippen LogP contribution in [0.25, 0.3) is 0 Å². The van der Waals surface area contributed by atoms with Crippen molar-refractivity contribution in [1.29, 1.82) is 5.26 Å². The van der Waals surface area contributed by atoms with Crippen molar-refractivity contribution in [1.82, 2.24) is 14.5 Å². The number of rotatable bonds is 2. The van der Waals surface area contributed by atoms with Crippen LogP contribution in [0.1, 0.15) is 13.3 Å². The van der Waals surface area contributed by atoms with Crippen LogP contribution in [-0.2, 0) is 0 Å². The molecule has 0 aliphatic rings. The SMILES string of the molecule is CC(CC#N)N(C)C(=O)n1ccnc1. The van der Waals surface area contributed by atoms with Crippen molar-refractivity contribution in [2.45, 2.75) is 19.4 Å².